The Labute approximate surface area is 625 Å². The molecule has 0 bridgehead atoms. The van der Waals surface area contributed by atoms with E-state index in [4.69, 9.17) is 80.4 Å². The summed E-state index contributed by atoms with van der Waals surface area (Å²) in [7, 11) is 0. The van der Waals surface area contributed by atoms with E-state index in [-0.39, 0.29) is 180 Å². The molecule has 0 aliphatic heterocycles. The molecule has 0 radical (unpaired) electrons. The van der Waals surface area contributed by atoms with Crippen LogP contribution in [0.2, 0.25) is 0 Å². The lowest BCUT2D eigenvalue weighted by Crippen LogP contribution is -2.50. The minimum absolute atomic E-state index is 0.0534. The zero-order chi connectivity index (χ0) is 77.3. The summed E-state index contributed by atoms with van der Waals surface area (Å²) in [4.78, 5) is 66.9. The van der Waals surface area contributed by atoms with Crippen molar-refractivity contribution in [1.29, 1.82) is 0 Å². The highest BCUT2D eigenvalue weighted by Crippen LogP contribution is 2.30. The Hall–Kier alpha value is -8.04. The maximum absolute atomic E-state index is 14.0. The van der Waals surface area contributed by atoms with Crippen molar-refractivity contribution in [3.63, 3.8) is 0 Å². The van der Waals surface area contributed by atoms with Crippen LogP contribution in [0.4, 0.5) is 37.3 Å². The summed E-state index contributed by atoms with van der Waals surface area (Å²) in [6.45, 7) is 4.25. The first kappa shape index (κ1) is 90.4. The molecular formula is C64H105F5N22O12S3. The van der Waals surface area contributed by atoms with Crippen LogP contribution in [-0.2, 0) is 71.7 Å². The van der Waals surface area contributed by atoms with Gasteiger partial charge in [-0.05, 0) is 51.4 Å². The highest BCUT2D eigenvalue weighted by Gasteiger charge is 2.34. The molecule has 0 atom stereocenters. The number of nitrogens with one attached hydrogen (secondary N) is 4. The standard InChI is InChI=1S/C64H105F5N22O12S3/c65-55-56(66)58(68)60(59(69)57(55)67)103-54(96)10-8-6-4-2-1-3-5-7-9-50(95)82-64(20-17-47(92)79-23-29-97-35-38-100-32-26-89(76)41-44(70)11-14-51-83-86-61(73)104-51,21-18-48(93)80-24-30-98-36-39-101-33-27-90(77)42-45(71)12-15-52-84-87-62(74)105-52)22-19-49(94)81-25-31-99-37-40-102-34-28-91(78)43-46(72)13-16-53-85-88-63(75)106-53/h41-43H,1-40,70-72,76-78H2,(H2,73,86)(H2,74,87)(H2,75,88)(H,79,92)(H,80,93)(H,81,94)(H,82,95)/b44-41-,45-42-,46-43-. The second-order valence-electron chi connectivity index (χ2n) is 24.2. The number of unbranched alkanes of at least 4 members (excludes halogenated alkanes) is 7. The molecule has 3 aromatic heterocycles. The number of nitrogen functional groups attached to an aromatic ring is 3. The molecule has 4 amide bonds. The van der Waals surface area contributed by atoms with E-state index in [1.165, 1.54) is 49.0 Å². The molecule has 0 aliphatic carbocycles. The van der Waals surface area contributed by atoms with E-state index >= 15 is 0 Å². The Morgan fingerprint density at radius 1 is 0.387 bits per heavy atom. The average Bonchev–Trinajstić information content (AvgIpc) is 0.941. The van der Waals surface area contributed by atoms with Crippen molar-refractivity contribution in [2.45, 2.75) is 147 Å². The Morgan fingerprint density at radius 2 is 0.689 bits per heavy atom. The smallest absolute Gasteiger partial charge is 0.311 e. The molecule has 22 N–H and O–H groups in total. The molecule has 0 fully saturated rings. The average molecular weight is 1570 g/mol. The van der Waals surface area contributed by atoms with Gasteiger partial charge in [0.25, 0.3) is 0 Å². The molecule has 106 heavy (non-hydrogen) atoms. The van der Waals surface area contributed by atoms with Gasteiger partial charge in [-0.2, -0.15) is 8.78 Å². The fourth-order valence-electron chi connectivity index (χ4n) is 9.85. The fourth-order valence-corrected chi connectivity index (χ4v) is 11.7. The lowest BCUT2D eigenvalue weighted by molar-refractivity contribution is -0.135. The number of aryl methyl sites for hydroxylation is 3. The number of anilines is 3. The predicted octanol–water partition coefficient (Wildman–Crippen LogP) is 2.96. The molecule has 0 aliphatic rings. The summed E-state index contributed by atoms with van der Waals surface area (Å²) in [5.41, 5.74) is 35.7. The summed E-state index contributed by atoms with van der Waals surface area (Å²) >= 11 is 3.87. The summed E-state index contributed by atoms with van der Waals surface area (Å²) in [5.74, 6) is 2.63. The highest BCUT2D eigenvalue weighted by molar-refractivity contribution is 7.15. The van der Waals surface area contributed by atoms with Gasteiger partial charge < -0.3 is 104 Å². The lowest BCUT2D eigenvalue weighted by atomic mass is 9.82. The Bertz CT molecular complexity index is 3060. The van der Waals surface area contributed by atoms with Gasteiger partial charge in [-0.1, -0.05) is 72.5 Å². The van der Waals surface area contributed by atoms with Crippen molar-refractivity contribution >= 4 is 79.0 Å². The molecule has 0 spiro atoms. The van der Waals surface area contributed by atoms with Crippen LogP contribution in [0, 0.1) is 29.1 Å². The van der Waals surface area contributed by atoms with Crippen LogP contribution in [-0.4, -0.2) is 199 Å². The topological polar surface area (TPSA) is 519 Å². The SMILES string of the molecule is N/C(=C\N(N)CCOCCOCCNC(=O)CCC(CCC(=O)NCCOCCOCCN(N)/C=C(\N)CCc1nnc(N)s1)(CCC(=O)NCCOCCOCCN(N)/C=C(\N)CCc1nnc(N)s1)NC(=O)CCCCCCCCCCC(=O)Oc1c(F)c(F)c(F)c(F)c1F)CCc1nnc(N)s1. The largest absolute Gasteiger partial charge is 0.420 e. The molecule has 42 heteroatoms. The van der Waals surface area contributed by atoms with Gasteiger partial charge in [0.1, 0.15) is 15.0 Å². The van der Waals surface area contributed by atoms with Crippen molar-refractivity contribution in [2.75, 3.05) is 136 Å². The van der Waals surface area contributed by atoms with Crippen molar-refractivity contribution in [1.82, 2.24) is 66.9 Å². The number of rotatable bonds is 61. The first-order valence-corrected chi connectivity index (χ1v) is 37.3. The first-order valence-electron chi connectivity index (χ1n) is 34.9. The Kier molecular flexibility index (Phi) is 45.1. The maximum Gasteiger partial charge on any atom is 0.311 e. The molecular weight excluding hydrogens is 1460 g/mol. The third-order valence-electron chi connectivity index (χ3n) is 15.4. The molecule has 0 unspecified atom stereocenters. The van der Waals surface area contributed by atoms with Gasteiger partial charge in [0.15, 0.2) is 0 Å². The number of nitrogens with zero attached hydrogens (tertiary/aromatic N) is 9. The van der Waals surface area contributed by atoms with Gasteiger partial charge in [-0.15, -0.1) is 30.6 Å². The zero-order valence-electron chi connectivity index (χ0n) is 59.8. The number of amides is 4. The minimum Gasteiger partial charge on any atom is -0.420 e. The van der Waals surface area contributed by atoms with Crippen molar-refractivity contribution < 1.29 is 79.1 Å². The third-order valence-corrected chi connectivity index (χ3v) is 17.9. The Morgan fingerprint density at radius 3 is 1.01 bits per heavy atom. The Balaban J connectivity index is 1.28. The number of carbonyl (C=O) groups excluding carboxylic acids is 5. The number of hydrogen-bond acceptors (Lipinski definition) is 33. The number of esters is 1. The van der Waals surface area contributed by atoms with Crippen molar-refractivity contribution in [3.8, 4) is 5.75 Å². The van der Waals surface area contributed by atoms with Crippen LogP contribution in [0.1, 0.15) is 137 Å². The van der Waals surface area contributed by atoms with Crippen molar-refractivity contribution in [2.24, 2.45) is 34.7 Å². The van der Waals surface area contributed by atoms with Gasteiger partial charge in [0, 0.05) is 112 Å². The van der Waals surface area contributed by atoms with Crippen LogP contribution in [0.5, 0.6) is 5.75 Å². The highest BCUT2D eigenvalue weighted by atomic mass is 32.1. The first-order chi connectivity index (χ1) is 50.9. The maximum atomic E-state index is 14.0. The number of nitrogens with two attached hydrogens (primary N) is 9. The molecule has 3 heterocycles. The van der Waals surface area contributed by atoms with E-state index < -0.39 is 46.3 Å². The van der Waals surface area contributed by atoms with Gasteiger partial charge in [0.05, 0.1) is 98.9 Å². The monoisotopic (exact) mass is 1560 g/mol. The quantitative estimate of drug-likeness (QED) is 0.00442. The van der Waals surface area contributed by atoms with Crippen LogP contribution < -0.4 is 77.9 Å². The third kappa shape index (κ3) is 40.6. The summed E-state index contributed by atoms with van der Waals surface area (Å²) in [6.07, 6.45) is 12.5. The van der Waals surface area contributed by atoms with Crippen LogP contribution >= 0.6 is 34.0 Å². The van der Waals surface area contributed by atoms with E-state index in [9.17, 15) is 45.9 Å². The normalized spacial score (nSPS) is 12.0. The summed E-state index contributed by atoms with van der Waals surface area (Å²) in [5, 5.41) is 42.7. The van der Waals surface area contributed by atoms with E-state index in [0.29, 0.717) is 116 Å². The number of benzene rings is 1. The van der Waals surface area contributed by atoms with E-state index in [2.05, 4.69) is 56.6 Å². The number of hydrazine groups is 3. The molecule has 34 nitrogen and oxygen atoms in total. The van der Waals surface area contributed by atoms with Gasteiger partial charge in [-0.3, -0.25) is 24.0 Å². The number of carbonyl (C=O) groups is 5. The summed E-state index contributed by atoms with van der Waals surface area (Å²) < 4.78 is 107. The molecule has 0 saturated heterocycles. The molecule has 0 saturated carbocycles. The second-order valence-corrected chi connectivity index (χ2v) is 27.5. The number of ether oxygens (including phenoxy) is 7. The van der Waals surface area contributed by atoms with E-state index in [1.807, 2.05) is 0 Å². The minimum atomic E-state index is -2.37. The fraction of sp³-hybridized carbons (Fsp3) is 0.641. The van der Waals surface area contributed by atoms with E-state index in [1.54, 1.807) is 18.6 Å². The van der Waals surface area contributed by atoms with E-state index in [0.717, 1.165) is 34.3 Å². The van der Waals surface area contributed by atoms with Crippen LogP contribution in [0.25, 0.3) is 0 Å². The molecule has 596 valence electrons. The molecule has 4 rings (SSSR count). The lowest BCUT2D eigenvalue weighted by Gasteiger charge is -2.35. The predicted molar refractivity (Wildman–Crippen MR) is 388 cm³/mol. The van der Waals surface area contributed by atoms with Gasteiger partial charge in [-0.25, -0.2) is 30.7 Å². The van der Waals surface area contributed by atoms with Gasteiger partial charge in [0.2, 0.25) is 73.9 Å². The number of halogens is 5. The van der Waals surface area contributed by atoms with Crippen LogP contribution in [0.3, 0.4) is 0 Å². The number of aromatic nitrogens is 6. The van der Waals surface area contributed by atoms with Gasteiger partial charge >= 0.3 is 5.97 Å². The number of allylic oxidation sites excluding steroid dienone is 3. The zero-order valence-corrected chi connectivity index (χ0v) is 62.2. The van der Waals surface area contributed by atoms with Crippen molar-refractivity contribution in [3.05, 3.63) is 79.8 Å². The molecule has 4 aromatic rings. The second kappa shape index (κ2) is 52.9. The number of hydrogen-bond donors (Lipinski definition) is 13. The molecule has 1 aromatic carbocycles. The summed E-state index contributed by atoms with van der Waals surface area (Å²) in [6, 6.07) is 0. The van der Waals surface area contributed by atoms with Crippen LogP contribution in [0.15, 0.2) is 35.7 Å².